The van der Waals surface area contributed by atoms with Crippen LogP contribution < -0.4 is 0 Å². The highest BCUT2D eigenvalue weighted by Crippen LogP contribution is 2.15. The van der Waals surface area contributed by atoms with Crippen molar-refractivity contribution >= 4 is 27.3 Å². The summed E-state index contributed by atoms with van der Waals surface area (Å²) in [7, 11) is 0. The van der Waals surface area contributed by atoms with Gasteiger partial charge < -0.3 is 9.64 Å². The van der Waals surface area contributed by atoms with Crippen molar-refractivity contribution in [1.82, 2.24) is 4.90 Å². The highest BCUT2D eigenvalue weighted by molar-refractivity contribution is 9.09. The Morgan fingerprint density at radius 1 is 1.41 bits per heavy atom. The summed E-state index contributed by atoms with van der Waals surface area (Å²) in [6.07, 6.45) is 4.06. The second-order valence-corrected chi connectivity index (χ2v) is 6.06. The number of rotatable bonds is 6. The van der Waals surface area contributed by atoms with Crippen molar-refractivity contribution in [2.45, 2.75) is 25.4 Å². The van der Waals surface area contributed by atoms with Crippen LogP contribution in [0.2, 0.25) is 0 Å². The number of hydrogen-bond acceptors (Lipinski definition) is 3. The zero-order valence-electron chi connectivity index (χ0n) is 10.1. The van der Waals surface area contributed by atoms with E-state index in [9.17, 15) is 0 Å². The molecule has 96 valence electrons. The smallest absolute Gasteiger partial charge is 0.0599 e. The van der Waals surface area contributed by atoms with E-state index >= 15 is 0 Å². The first kappa shape index (κ1) is 13.5. The van der Waals surface area contributed by atoms with Crippen LogP contribution in [0.4, 0.5) is 0 Å². The van der Waals surface area contributed by atoms with Gasteiger partial charge in [-0.1, -0.05) is 15.9 Å². The van der Waals surface area contributed by atoms with E-state index in [-0.39, 0.29) is 0 Å². The van der Waals surface area contributed by atoms with Gasteiger partial charge in [0.2, 0.25) is 0 Å². The molecule has 17 heavy (non-hydrogen) atoms. The van der Waals surface area contributed by atoms with Crippen LogP contribution in [0, 0.1) is 0 Å². The molecule has 2 rings (SSSR count). The van der Waals surface area contributed by atoms with Crippen LogP contribution in [0.1, 0.15) is 18.4 Å². The number of hydrogen-bond donors (Lipinski definition) is 0. The van der Waals surface area contributed by atoms with Gasteiger partial charge in [0.15, 0.2) is 0 Å². The lowest BCUT2D eigenvalue weighted by atomic mass is 10.1. The first-order chi connectivity index (χ1) is 8.38. The summed E-state index contributed by atoms with van der Waals surface area (Å²) in [5, 5.41) is 5.37. The largest absolute Gasteiger partial charge is 0.377 e. The molecule has 0 saturated carbocycles. The predicted molar refractivity (Wildman–Crippen MR) is 77.2 cm³/mol. The maximum absolute atomic E-state index is 5.76. The van der Waals surface area contributed by atoms with Crippen molar-refractivity contribution in [2.24, 2.45) is 0 Å². The Kier molecular flexibility index (Phi) is 5.98. The molecular formula is C13H20BrNOS. The zero-order valence-corrected chi connectivity index (χ0v) is 12.5. The van der Waals surface area contributed by atoms with Gasteiger partial charge in [0.05, 0.1) is 12.7 Å². The van der Waals surface area contributed by atoms with Gasteiger partial charge >= 0.3 is 0 Å². The van der Waals surface area contributed by atoms with Crippen LogP contribution in [-0.4, -0.2) is 42.6 Å². The Labute approximate surface area is 116 Å². The first-order valence-electron chi connectivity index (χ1n) is 6.29. The molecular weight excluding hydrogens is 298 g/mol. The average Bonchev–Trinajstić information content (AvgIpc) is 2.88. The lowest BCUT2D eigenvalue weighted by Gasteiger charge is -2.31. The summed E-state index contributed by atoms with van der Waals surface area (Å²) in [5.74, 6) is 0. The van der Waals surface area contributed by atoms with Crippen molar-refractivity contribution in [2.75, 3.05) is 31.6 Å². The fourth-order valence-corrected chi connectivity index (χ4v) is 3.12. The molecule has 0 spiro atoms. The lowest BCUT2D eigenvalue weighted by molar-refractivity contribution is 0.0162. The molecule has 1 fully saturated rings. The third kappa shape index (κ3) is 4.70. The Hall–Kier alpha value is 0.100. The van der Waals surface area contributed by atoms with E-state index in [1.165, 1.54) is 44.5 Å². The third-order valence-corrected chi connectivity index (χ3v) is 4.32. The van der Waals surface area contributed by atoms with E-state index in [2.05, 4.69) is 37.7 Å². The molecule has 4 heteroatoms. The number of thiophene rings is 1. The van der Waals surface area contributed by atoms with Crippen LogP contribution >= 0.6 is 27.3 Å². The summed E-state index contributed by atoms with van der Waals surface area (Å²) in [6.45, 7) is 4.43. The molecule has 0 aromatic carbocycles. The molecule has 0 N–H and O–H groups in total. The molecule has 0 bridgehead atoms. The molecule has 0 aliphatic carbocycles. The fourth-order valence-electron chi connectivity index (χ4n) is 2.23. The predicted octanol–water partition coefficient (Wildman–Crippen LogP) is 3.17. The molecule has 1 aromatic heterocycles. The highest BCUT2D eigenvalue weighted by atomic mass is 79.9. The standard InChI is InChI=1S/C13H20BrNOS/c14-5-9-16-13-2-7-15(8-3-13)6-1-12-4-10-17-11-12/h4,10-11,13H,1-3,5-9H2. The number of nitrogens with zero attached hydrogens (tertiary/aromatic N) is 1. The van der Waals surface area contributed by atoms with E-state index in [1.54, 1.807) is 11.3 Å². The maximum Gasteiger partial charge on any atom is 0.0599 e. The van der Waals surface area contributed by atoms with Gasteiger partial charge in [-0.05, 0) is 41.7 Å². The normalized spacial score (nSPS) is 18.6. The van der Waals surface area contributed by atoms with Gasteiger partial charge in [0, 0.05) is 25.0 Å². The van der Waals surface area contributed by atoms with Gasteiger partial charge in [0.1, 0.15) is 0 Å². The van der Waals surface area contributed by atoms with Gasteiger partial charge in [-0.15, -0.1) is 0 Å². The van der Waals surface area contributed by atoms with Gasteiger partial charge in [-0.25, -0.2) is 0 Å². The fraction of sp³-hybridized carbons (Fsp3) is 0.692. The van der Waals surface area contributed by atoms with Crippen molar-refractivity contribution in [3.05, 3.63) is 22.4 Å². The highest BCUT2D eigenvalue weighted by Gasteiger charge is 2.18. The summed E-state index contributed by atoms with van der Waals surface area (Å²) >= 11 is 5.19. The van der Waals surface area contributed by atoms with E-state index in [0.717, 1.165) is 11.9 Å². The Balaban J connectivity index is 1.62. The molecule has 0 unspecified atom stereocenters. The summed E-state index contributed by atoms with van der Waals surface area (Å²) in [4.78, 5) is 2.56. The number of ether oxygens (including phenoxy) is 1. The van der Waals surface area contributed by atoms with Crippen molar-refractivity contribution in [3.8, 4) is 0 Å². The van der Waals surface area contributed by atoms with Crippen molar-refractivity contribution in [3.63, 3.8) is 0 Å². The van der Waals surface area contributed by atoms with Crippen LogP contribution in [0.15, 0.2) is 16.8 Å². The van der Waals surface area contributed by atoms with Crippen LogP contribution in [0.3, 0.4) is 0 Å². The topological polar surface area (TPSA) is 12.5 Å². The summed E-state index contributed by atoms with van der Waals surface area (Å²) < 4.78 is 5.76. The van der Waals surface area contributed by atoms with Crippen molar-refractivity contribution < 1.29 is 4.74 Å². The van der Waals surface area contributed by atoms with Gasteiger partial charge in [0.25, 0.3) is 0 Å². The van der Waals surface area contributed by atoms with E-state index in [1.807, 2.05) is 0 Å². The number of halogens is 1. The molecule has 1 saturated heterocycles. The third-order valence-electron chi connectivity index (χ3n) is 3.26. The van der Waals surface area contributed by atoms with Crippen LogP contribution in [0.25, 0.3) is 0 Å². The summed E-state index contributed by atoms with van der Waals surface area (Å²) in [5.41, 5.74) is 1.48. The van der Waals surface area contributed by atoms with Crippen LogP contribution in [-0.2, 0) is 11.2 Å². The number of likely N-dealkylation sites (tertiary alicyclic amines) is 1. The molecule has 0 atom stereocenters. The quantitative estimate of drug-likeness (QED) is 0.747. The average molecular weight is 318 g/mol. The SMILES string of the molecule is BrCCOC1CCN(CCc2ccsc2)CC1. The molecule has 1 aliphatic rings. The molecule has 1 aromatic rings. The van der Waals surface area contributed by atoms with E-state index in [0.29, 0.717) is 6.10 Å². The molecule has 1 aliphatic heterocycles. The minimum Gasteiger partial charge on any atom is -0.377 e. The van der Waals surface area contributed by atoms with Gasteiger partial charge in [-0.3, -0.25) is 0 Å². The van der Waals surface area contributed by atoms with Gasteiger partial charge in [-0.2, -0.15) is 11.3 Å². The number of alkyl halides is 1. The Bertz CT molecular complexity index is 296. The molecule has 2 heterocycles. The monoisotopic (exact) mass is 317 g/mol. The molecule has 0 radical (unpaired) electrons. The molecule has 2 nitrogen and oxygen atoms in total. The van der Waals surface area contributed by atoms with Crippen LogP contribution in [0.5, 0.6) is 0 Å². The molecule has 0 amide bonds. The number of piperidine rings is 1. The minimum absolute atomic E-state index is 0.491. The zero-order chi connectivity index (χ0) is 11.9. The maximum atomic E-state index is 5.76. The second-order valence-electron chi connectivity index (χ2n) is 4.48. The Morgan fingerprint density at radius 2 is 2.24 bits per heavy atom. The van der Waals surface area contributed by atoms with E-state index < -0.39 is 0 Å². The second kappa shape index (κ2) is 7.52. The van der Waals surface area contributed by atoms with Crippen molar-refractivity contribution in [1.29, 1.82) is 0 Å². The minimum atomic E-state index is 0.491. The summed E-state index contributed by atoms with van der Waals surface area (Å²) in [6, 6.07) is 2.23. The van der Waals surface area contributed by atoms with E-state index in [4.69, 9.17) is 4.74 Å². The first-order valence-corrected chi connectivity index (χ1v) is 8.36. The Morgan fingerprint density at radius 3 is 2.88 bits per heavy atom. The lowest BCUT2D eigenvalue weighted by Crippen LogP contribution is -2.38.